The van der Waals surface area contributed by atoms with E-state index in [-0.39, 0.29) is 16.7 Å². The molecule has 0 aromatic carbocycles. The number of hydrogen-bond donors (Lipinski definition) is 0. The molecule has 8 heteroatoms. The molecule has 1 atom stereocenters. The molecule has 1 saturated heterocycles. The van der Waals surface area contributed by atoms with Crippen molar-refractivity contribution in [2.75, 3.05) is 37.8 Å². The first-order valence-electron chi connectivity index (χ1n) is 8.26. The number of nitro groups is 1. The average Bonchev–Trinajstić information content (AvgIpc) is 3.28. The number of aryl methyl sites for hydroxylation is 2. The first-order chi connectivity index (χ1) is 11.1. The molecule has 1 aliphatic heterocycles. The number of rotatable bonds is 7. The number of anilines is 1. The summed E-state index contributed by atoms with van der Waals surface area (Å²) in [5.74, 6) is 1.31. The van der Waals surface area contributed by atoms with Crippen LogP contribution in [0.1, 0.15) is 25.5 Å². The second-order valence-corrected chi connectivity index (χ2v) is 6.25. The van der Waals surface area contributed by atoms with Gasteiger partial charge in [-0.25, -0.2) is 4.68 Å². The highest BCUT2D eigenvalue weighted by Gasteiger charge is 2.32. The molecule has 0 N–H and O–H groups in total. The summed E-state index contributed by atoms with van der Waals surface area (Å²) in [6, 6.07) is 0. The van der Waals surface area contributed by atoms with Crippen LogP contribution < -0.4 is 4.90 Å². The smallest absolute Gasteiger partial charge is 0.333 e. The molecule has 1 aromatic rings. The fourth-order valence-corrected chi connectivity index (χ4v) is 2.97. The lowest BCUT2D eigenvalue weighted by molar-refractivity contribution is -0.384. The Kier molecular flexibility index (Phi) is 4.82. The van der Waals surface area contributed by atoms with Crippen LogP contribution in [0.2, 0.25) is 0 Å². The molecule has 0 radical (unpaired) electrons. The maximum Gasteiger partial charge on any atom is 0.333 e. The minimum Gasteiger partial charge on any atom is -0.378 e. The second-order valence-electron chi connectivity index (χ2n) is 6.25. The topological polar surface area (TPSA) is 82.7 Å². The Morgan fingerprint density at radius 3 is 2.87 bits per heavy atom. The first-order valence-corrected chi connectivity index (χ1v) is 8.26. The highest BCUT2D eigenvalue weighted by Crippen LogP contribution is 2.33. The van der Waals surface area contributed by atoms with E-state index in [2.05, 4.69) is 5.10 Å². The van der Waals surface area contributed by atoms with Crippen molar-refractivity contribution in [1.82, 2.24) is 9.78 Å². The van der Waals surface area contributed by atoms with Gasteiger partial charge in [-0.2, -0.15) is 5.10 Å². The van der Waals surface area contributed by atoms with Crippen LogP contribution in [0, 0.1) is 23.0 Å². The van der Waals surface area contributed by atoms with E-state index < -0.39 is 0 Å². The summed E-state index contributed by atoms with van der Waals surface area (Å²) in [6.45, 7) is 7.33. The fraction of sp³-hybridized carbons (Fsp3) is 0.800. The third-order valence-electron chi connectivity index (χ3n) is 4.34. The molecular formula is C15H24N4O4. The summed E-state index contributed by atoms with van der Waals surface area (Å²) in [7, 11) is 0. The van der Waals surface area contributed by atoms with Crippen molar-refractivity contribution in [2.45, 2.75) is 39.3 Å². The number of morpholine rings is 1. The Morgan fingerprint density at radius 1 is 1.43 bits per heavy atom. The SMILES string of the molecule is CCn1nc(C)c([N+](=O)[O-])c1N1CCO[C@H](COCC2CC2)C1. The van der Waals surface area contributed by atoms with Crippen LogP contribution in [0.15, 0.2) is 0 Å². The van der Waals surface area contributed by atoms with Crippen molar-refractivity contribution >= 4 is 11.5 Å². The van der Waals surface area contributed by atoms with Gasteiger partial charge in [0, 0.05) is 26.2 Å². The zero-order valence-corrected chi connectivity index (χ0v) is 13.7. The molecule has 1 saturated carbocycles. The van der Waals surface area contributed by atoms with E-state index in [9.17, 15) is 10.1 Å². The van der Waals surface area contributed by atoms with Crippen LogP contribution in [-0.4, -0.2) is 53.7 Å². The van der Waals surface area contributed by atoms with E-state index in [0.29, 0.717) is 44.4 Å². The first kappa shape index (κ1) is 16.2. The maximum atomic E-state index is 11.4. The van der Waals surface area contributed by atoms with E-state index in [1.807, 2.05) is 11.8 Å². The maximum absolute atomic E-state index is 11.4. The molecule has 2 aliphatic rings. The third kappa shape index (κ3) is 3.64. The Balaban J connectivity index is 1.70. The lowest BCUT2D eigenvalue weighted by Crippen LogP contribution is -2.45. The lowest BCUT2D eigenvalue weighted by Gasteiger charge is -2.33. The lowest BCUT2D eigenvalue weighted by atomic mass is 10.2. The zero-order valence-electron chi connectivity index (χ0n) is 13.7. The zero-order chi connectivity index (χ0) is 16.4. The Hall–Kier alpha value is -1.67. The van der Waals surface area contributed by atoms with E-state index in [4.69, 9.17) is 9.47 Å². The minimum atomic E-state index is -0.335. The molecule has 3 rings (SSSR count). The standard InChI is InChI=1S/C15H24N4O4/c1-3-18-15(14(19(20)21)11(2)16-18)17-6-7-23-13(8-17)10-22-9-12-4-5-12/h12-13H,3-10H2,1-2H3/t13-/m0/s1. The summed E-state index contributed by atoms with van der Waals surface area (Å²) >= 11 is 0. The van der Waals surface area contributed by atoms with Crippen LogP contribution in [0.5, 0.6) is 0 Å². The Morgan fingerprint density at radius 2 is 2.22 bits per heavy atom. The van der Waals surface area contributed by atoms with Gasteiger partial charge in [0.25, 0.3) is 0 Å². The molecule has 1 aliphatic carbocycles. The van der Waals surface area contributed by atoms with Crippen molar-refractivity contribution in [3.05, 3.63) is 15.8 Å². The number of hydrogen-bond acceptors (Lipinski definition) is 6. The van der Waals surface area contributed by atoms with Crippen molar-refractivity contribution in [3.8, 4) is 0 Å². The summed E-state index contributed by atoms with van der Waals surface area (Å²) in [5, 5.41) is 15.7. The van der Waals surface area contributed by atoms with Gasteiger partial charge in [-0.1, -0.05) is 0 Å². The fourth-order valence-electron chi connectivity index (χ4n) is 2.97. The molecule has 0 amide bonds. The number of nitrogens with zero attached hydrogens (tertiary/aromatic N) is 4. The largest absolute Gasteiger partial charge is 0.378 e. The monoisotopic (exact) mass is 324 g/mol. The van der Waals surface area contributed by atoms with Gasteiger partial charge >= 0.3 is 5.69 Å². The van der Waals surface area contributed by atoms with Gasteiger partial charge in [0.2, 0.25) is 5.82 Å². The van der Waals surface area contributed by atoms with E-state index in [1.54, 1.807) is 11.6 Å². The molecule has 0 spiro atoms. The van der Waals surface area contributed by atoms with Gasteiger partial charge < -0.3 is 14.4 Å². The van der Waals surface area contributed by atoms with Crippen molar-refractivity contribution in [2.24, 2.45) is 5.92 Å². The molecule has 2 heterocycles. The van der Waals surface area contributed by atoms with Crippen molar-refractivity contribution in [3.63, 3.8) is 0 Å². The van der Waals surface area contributed by atoms with Crippen LogP contribution in [0.25, 0.3) is 0 Å². The molecular weight excluding hydrogens is 300 g/mol. The minimum absolute atomic E-state index is 0.0531. The van der Waals surface area contributed by atoms with Gasteiger partial charge in [-0.3, -0.25) is 10.1 Å². The summed E-state index contributed by atoms with van der Waals surface area (Å²) in [4.78, 5) is 13.1. The quantitative estimate of drug-likeness (QED) is 0.561. The number of ether oxygens (including phenoxy) is 2. The van der Waals surface area contributed by atoms with Gasteiger partial charge in [0.1, 0.15) is 5.69 Å². The van der Waals surface area contributed by atoms with E-state index in [1.165, 1.54) is 12.8 Å². The van der Waals surface area contributed by atoms with Crippen LogP contribution >= 0.6 is 0 Å². The van der Waals surface area contributed by atoms with E-state index >= 15 is 0 Å². The normalized spacial score (nSPS) is 21.7. The highest BCUT2D eigenvalue weighted by atomic mass is 16.6. The Labute approximate surface area is 135 Å². The molecule has 1 aromatic heterocycles. The Bertz CT molecular complexity index is 570. The average molecular weight is 324 g/mol. The molecule has 128 valence electrons. The van der Waals surface area contributed by atoms with Crippen LogP contribution in [0.4, 0.5) is 11.5 Å². The van der Waals surface area contributed by atoms with Crippen molar-refractivity contribution < 1.29 is 14.4 Å². The molecule has 0 unspecified atom stereocenters. The van der Waals surface area contributed by atoms with Gasteiger partial charge in [-0.05, 0) is 32.6 Å². The summed E-state index contributed by atoms with van der Waals surface area (Å²) in [5.41, 5.74) is 0.561. The molecule has 23 heavy (non-hydrogen) atoms. The van der Waals surface area contributed by atoms with E-state index in [0.717, 1.165) is 12.5 Å². The summed E-state index contributed by atoms with van der Waals surface area (Å²) in [6.07, 6.45) is 2.47. The number of aromatic nitrogens is 2. The highest BCUT2D eigenvalue weighted by molar-refractivity contribution is 5.61. The molecule has 8 nitrogen and oxygen atoms in total. The second kappa shape index (κ2) is 6.84. The predicted octanol–water partition coefficient (Wildman–Crippen LogP) is 1.75. The predicted molar refractivity (Wildman–Crippen MR) is 84.8 cm³/mol. The third-order valence-corrected chi connectivity index (χ3v) is 4.34. The van der Waals surface area contributed by atoms with Gasteiger partial charge in [-0.15, -0.1) is 0 Å². The van der Waals surface area contributed by atoms with Crippen molar-refractivity contribution in [1.29, 1.82) is 0 Å². The molecule has 0 bridgehead atoms. The van der Waals surface area contributed by atoms with Gasteiger partial charge in [0.05, 0.1) is 24.2 Å². The summed E-state index contributed by atoms with van der Waals surface area (Å²) < 4.78 is 13.2. The van der Waals surface area contributed by atoms with Crippen LogP contribution in [-0.2, 0) is 16.0 Å². The molecule has 2 fully saturated rings. The van der Waals surface area contributed by atoms with Gasteiger partial charge in [0.15, 0.2) is 0 Å². The van der Waals surface area contributed by atoms with Crippen LogP contribution in [0.3, 0.4) is 0 Å².